The van der Waals surface area contributed by atoms with Crippen LogP contribution in [0.2, 0.25) is 0 Å². The van der Waals surface area contributed by atoms with Gasteiger partial charge in [-0.15, -0.1) is 0 Å². The number of ether oxygens (including phenoxy) is 1. The molecule has 0 atom stereocenters. The highest BCUT2D eigenvalue weighted by Crippen LogP contribution is 2.18. The topological polar surface area (TPSA) is 71.5 Å². The quantitative estimate of drug-likeness (QED) is 0.697. The van der Waals surface area contributed by atoms with Gasteiger partial charge in [0.25, 0.3) is 5.91 Å². The molecule has 2 amide bonds. The predicted molar refractivity (Wildman–Crippen MR) is 112 cm³/mol. The lowest BCUT2D eigenvalue weighted by Gasteiger charge is -2.32. The third-order valence-corrected chi connectivity index (χ3v) is 5.27. The Morgan fingerprint density at radius 2 is 1.93 bits per heavy atom. The summed E-state index contributed by atoms with van der Waals surface area (Å²) in [5, 5.41) is 2.97. The second kappa shape index (κ2) is 10.6. The van der Waals surface area contributed by atoms with Crippen LogP contribution in [0.1, 0.15) is 41.6 Å². The molecule has 0 radical (unpaired) electrons. The summed E-state index contributed by atoms with van der Waals surface area (Å²) >= 11 is 0. The summed E-state index contributed by atoms with van der Waals surface area (Å²) < 4.78 is 5.69. The lowest BCUT2D eigenvalue weighted by atomic mass is 9.96. The number of hydrogen-bond donors (Lipinski definition) is 1. The fourth-order valence-corrected chi connectivity index (χ4v) is 3.43. The number of aromatic nitrogens is 1. The molecule has 0 saturated carbocycles. The number of aryl methyl sites for hydroxylation is 1. The fourth-order valence-electron chi connectivity index (χ4n) is 3.43. The molecule has 0 spiro atoms. The molecule has 2 aromatic rings. The molecule has 0 unspecified atom stereocenters. The van der Waals surface area contributed by atoms with Gasteiger partial charge in [-0.05, 0) is 56.4 Å². The van der Waals surface area contributed by atoms with Crippen molar-refractivity contribution in [3.8, 4) is 5.75 Å². The summed E-state index contributed by atoms with van der Waals surface area (Å²) in [5.74, 6) is 1.35. The first kappa shape index (κ1) is 20.8. The number of nitrogens with zero attached hydrogens (tertiary/aromatic N) is 2. The summed E-state index contributed by atoms with van der Waals surface area (Å²) in [5.41, 5.74) is 1.78. The summed E-state index contributed by atoms with van der Waals surface area (Å²) in [7, 11) is 0. The summed E-state index contributed by atoms with van der Waals surface area (Å²) in [4.78, 5) is 30.4. The Balaban J connectivity index is 1.30. The lowest BCUT2D eigenvalue weighted by molar-refractivity contribution is -0.132. The van der Waals surface area contributed by atoms with Crippen LogP contribution < -0.4 is 10.1 Å². The van der Waals surface area contributed by atoms with Crippen molar-refractivity contribution in [3.05, 3.63) is 59.9 Å². The highest BCUT2D eigenvalue weighted by molar-refractivity contribution is 5.93. The van der Waals surface area contributed by atoms with Crippen molar-refractivity contribution in [2.45, 2.75) is 32.6 Å². The highest BCUT2D eigenvalue weighted by Gasteiger charge is 2.23. The van der Waals surface area contributed by atoms with Gasteiger partial charge in [-0.1, -0.05) is 17.7 Å². The fraction of sp³-hybridized carbons (Fsp3) is 0.435. The number of nitrogens with one attached hydrogen (secondary N) is 1. The number of amides is 2. The van der Waals surface area contributed by atoms with Gasteiger partial charge in [0, 0.05) is 38.4 Å². The zero-order valence-corrected chi connectivity index (χ0v) is 17.0. The largest absolute Gasteiger partial charge is 0.494 e. The maximum atomic E-state index is 12.4. The minimum Gasteiger partial charge on any atom is -0.494 e. The van der Waals surface area contributed by atoms with Gasteiger partial charge >= 0.3 is 0 Å². The van der Waals surface area contributed by atoms with Crippen molar-refractivity contribution >= 4 is 11.8 Å². The molecule has 154 valence electrons. The number of carbonyl (C=O) groups excluding carboxylic acids is 2. The number of hydrogen-bond acceptors (Lipinski definition) is 4. The molecule has 1 aliphatic heterocycles. The first-order valence-electron chi connectivity index (χ1n) is 10.3. The predicted octanol–water partition coefficient (Wildman–Crippen LogP) is 3.22. The number of piperidine rings is 1. The highest BCUT2D eigenvalue weighted by atomic mass is 16.5. The van der Waals surface area contributed by atoms with Crippen LogP contribution in [-0.2, 0) is 4.79 Å². The third kappa shape index (κ3) is 6.59. The van der Waals surface area contributed by atoms with Gasteiger partial charge in [-0.2, -0.15) is 0 Å². The van der Waals surface area contributed by atoms with Crippen LogP contribution >= 0.6 is 0 Å². The molecule has 29 heavy (non-hydrogen) atoms. The average Bonchev–Trinajstić information content (AvgIpc) is 2.77. The Bertz CT molecular complexity index is 785. The molecular weight excluding hydrogens is 366 g/mol. The number of pyridine rings is 1. The van der Waals surface area contributed by atoms with Gasteiger partial charge in [0.05, 0.1) is 12.2 Å². The van der Waals surface area contributed by atoms with Crippen molar-refractivity contribution in [1.29, 1.82) is 0 Å². The van der Waals surface area contributed by atoms with Crippen LogP contribution in [0.15, 0.2) is 48.8 Å². The van der Waals surface area contributed by atoms with Gasteiger partial charge in [0.15, 0.2) is 0 Å². The monoisotopic (exact) mass is 395 g/mol. The first-order chi connectivity index (χ1) is 14.1. The summed E-state index contributed by atoms with van der Waals surface area (Å²) in [6.07, 6.45) is 6.28. The Morgan fingerprint density at radius 1 is 1.17 bits per heavy atom. The van der Waals surface area contributed by atoms with E-state index in [0.29, 0.717) is 37.5 Å². The van der Waals surface area contributed by atoms with E-state index in [4.69, 9.17) is 4.74 Å². The van der Waals surface area contributed by atoms with Crippen LogP contribution in [0.4, 0.5) is 0 Å². The van der Waals surface area contributed by atoms with Crippen LogP contribution in [0, 0.1) is 12.8 Å². The Hall–Kier alpha value is -2.89. The van der Waals surface area contributed by atoms with E-state index in [1.807, 2.05) is 36.1 Å². The van der Waals surface area contributed by atoms with E-state index in [-0.39, 0.29) is 11.8 Å². The SMILES string of the molecule is Cc1ccc(OCCCC(=O)N2CCC(CNC(=O)c3cccnc3)CC2)cc1. The molecule has 0 bridgehead atoms. The smallest absolute Gasteiger partial charge is 0.252 e. The first-order valence-corrected chi connectivity index (χ1v) is 10.3. The van der Waals surface area contributed by atoms with Gasteiger partial charge < -0.3 is 15.0 Å². The van der Waals surface area contributed by atoms with Crippen molar-refractivity contribution in [2.75, 3.05) is 26.2 Å². The second-order valence-corrected chi connectivity index (χ2v) is 7.54. The summed E-state index contributed by atoms with van der Waals surface area (Å²) in [6, 6.07) is 11.5. The maximum Gasteiger partial charge on any atom is 0.252 e. The molecule has 1 aromatic carbocycles. The van der Waals surface area contributed by atoms with E-state index in [2.05, 4.69) is 10.3 Å². The Labute approximate surface area is 172 Å². The van der Waals surface area contributed by atoms with Gasteiger partial charge in [-0.25, -0.2) is 0 Å². The van der Waals surface area contributed by atoms with Gasteiger partial charge in [-0.3, -0.25) is 14.6 Å². The van der Waals surface area contributed by atoms with Crippen LogP contribution in [0.5, 0.6) is 5.75 Å². The number of benzene rings is 1. The summed E-state index contributed by atoms with van der Waals surface area (Å²) in [6.45, 7) is 4.74. The van der Waals surface area contributed by atoms with Crippen molar-refractivity contribution in [3.63, 3.8) is 0 Å². The zero-order valence-electron chi connectivity index (χ0n) is 17.0. The molecule has 2 heterocycles. The molecule has 6 heteroatoms. The van der Waals surface area contributed by atoms with E-state index in [9.17, 15) is 9.59 Å². The molecule has 1 N–H and O–H groups in total. The number of rotatable bonds is 8. The molecular formula is C23H29N3O3. The van der Waals surface area contributed by atoms with Crippen LogP contribution in [0.25, 0.3) is 0 Å². The number of carbonyl (C=O) groups is 2. The molecule has 1 aromatic heterocycles. The van der Waals surface area contributed by atoms with Crippen molar-refractivity contribution < 1.29 is 14.3 Å². The number of likely N-dealkylation sites (tertiary alicyclic amines) is 1. The average molecular weight is 396 g/mol. The maximum absolute atomic E-state index is 12.4. The van der Waals surface area contributed by atoms with E-state index in [1.165, 1.54) is 5.56 Å². The second-order valence-electron chi connectivity index (χ2n) is 7.54. The molecule has 6 nitrogen and oxygen atoms in total. The van der Waals surface area contributed by atoms with E-state index in [0.717, 1.165) is 31.7 Å². The molecule has 1 aliphatic rings. The molecule has 0 aliphatic carbocycles. The van der Waals surface area contributed by atoms with E-state index >= 15 is 0 Å². The minimum atomic E-state index is -0.0924. The van der Waals surface area contributed by atoms with Gasteiger partial charge in [0.1, 0.15) is 5.75 Å². The van der Waals surface area contributed by atoms with Gasteiger partial charge in [0.2, 0.25) is 5.91 Å². The normalized spacial score (nSPS) is 14.4. The third-order valence-electron chi connectivity index (χ3n) is 5.27. The Kier molecular flexibility index (Phi) is 7.61. The standard InChI is InChI=1S/C23H29N3O3/c1-18-6-8-21(9-7-18)29-15-3-5-22(27)26-13-10-19(11-14-26)16-25-23(28)20-4-2-12-24-17-20/h2,4,6-9,12,17,19H,3,5,10-11,13-16H2,1H3,(H,25,28). The molecule has 1 fully saturated rings. The van der Waals surface area contributed by atoms with Crippen LogP contribution in [0.3, 0.4) is 0 Å². The van der Waals surface area contributed by atoms with E-state index in [1.54, 1.807) is 24.5 Å². The minimum absolute atomic E-state index is 0.0924. The van der Waals surface area contributed by atoms with Crippen molar-refractivity contribution in [1.82, 2.24) is 15.2 Å². The molecule has 3 rings (SSSR count). The lowest BCUT2D eigenvalue weighted by Crippen LogP contribution is -2.41. The Morgan fingerprint density at radius 3 is 2.62 bits per heavy atom. The zero-order chi connectivity index (χ0) is 20.5. The molecule has 1 saturated heterocycles. The van der Waals surface area contributed by atoms with Crippen molar-refractivity contribution in [2.24, 2.45) is 5.92 Å². The van der Waals surface area contributed by atoms with E-state index < -0.39 is 0 Å². The van der Waals surface area contributed by atoms with Crippen LogP contribution in [-0.4, -0.2) is 47.9 Å².